The molecule has 2 N–H and O–H groups in total. The van der Waals surface area contributed by atoms with Crippen LogP contribution in [-0.4, -0.2) is 6.61 Å². The summed E-state index contributed by atoms with van der Waals surface area (Å²) in [4.78, 5) is 0. The van der Waals surface area contributed by atoms with E-state index in [-0.39, 0.29) is 6.04 Å². The van der Waals surface area contributed by atoms with Crippen LogP contribution in [0.5, 0.6) is 5.75 Å². The average molecular weight is 391 g/mol. The Morgan fingerprint density at radius 2 is 2.11 bits per heavy atom. The standard InChI is InChI=1S/C13H13Br2NOS/c1-2-17-9-5-3-4-8(6-9)12(16)10-7-11(14)18-13(10)15/h3-7,12H,2,16H2,1H3. The molecule has 0 fully saturated rings. The molecule has 1 unspecified atom stereocenters. The van der Waals surface area contributed by atoms with E-state index in [9.17, 15) is 0 Å². The molecule has 5 heteroatoms. The Balaban J connectivity index is 2.30. The summed E-state index contributed by atoms with van der Waals surface area (Å²) in [6, 6.07) is 9.82. The molecular weight excluding hydrogens is 378 g/mol. The van der Waals surface area contributed by atoms with Crippen LogP contribution in [-0.2, 0) is 0 Å². The summed E-state index contributed by atoms with van der Waals surface area (Å²) in [5.74, 6) is 0.857. The highest BCUT2D eigenvalue weighted by Crippen LogP contribution is 2.37. The van der Waals surface area contributed by atoms with Crippen LogP contribution in [0, 0.1) is 0 Å². The van der Waals surface area contributed by atoms with Crippen LogP contribution in [0.3, 0.4) is 0 Å². The number of hydrogen-bond donors (Lipinski definition) is 1. The van der Waals surface area contributed by atoms with E-state index in [0.717, 1.165) is 24.4 Å². The Morgan fingerprint density at radius 1 is 1.33 bits per heavy atom. The number of thiophene rings is 1. The lowest BCUT2D eigenvalue weighted by atomic mass is 10.0. The number of halogens is 2. The minimum absolute atomic E-state index is 0.151. The van der Waals surface area contributed by atoms with Crippen molar-refractivity contribution in [3.63, 3.8) is 0 Å². The molecule has 1 aromatic carbocycles. The molecule has 2 rings (SSSR count). The zero-order valence-corrected chi connectivity index (χ0v) is 13.8. The van der Waals surface area contributed by atoms with Crippen molar-refractivity contribution in [3.8, 4) is 5.75 Å². The van der Waals surface area contributed by atoms with Crippen LogP contribution in [0.25, 0.3) is 0 Å². The zero-order chi connectivity index (χ0) is 13.1. The first-order valence-electron chi connectivity index (χ1n) is 5.55. The molecule has 2 nitrogen and oxygen atoms in total. The minimum atomic E-state index is -0.151. The Hall–Kier alpha value is -0.360. The smallest absolute Gasteiger partial charge is 0.119 e. The fourth-order valence-electron chi connectivity index (χ4n) is 1.71. The van der Waals surface area contributed by atoms with E-state index in [4.69, 9.17) is 10.5 Å². The number of nitrogens with two attached hydrogens (primary N) is 1. The van der Waals surface area contributed by atoms with Crippen molar-refractivity contribution in [2.75, 3.05) is 6.61 Å². The molecular formula is C13H13Br2NOS. The van der Waals surface area contributed by atoms with E-state index in [0.29, 0.717) is 6.61 Å². The largest absolute Gasteiger partial charge is 0.494 e. The van der Waals surface area contributed by atoms with Gasteiger partial charge in [-0.1, -0.05) is 12.1 Å². The summed E-state index contributed by atoms with van der Waals surface area (Å²) in [5.41, 5.74) is 8.43. The summed E-state index contributed by atoms with van der Waals surface area (Å²) < 4.78 is 7.62. The normalized spacial score (nSPS) is 12.4. The van der Waals surface area contributed by atoms with Crippen LogP contribution in [0.1, 0.15) is 24.1 Å². The van der Waals surface area contributed by atoms with Gasteiger partial charge in [-0.2, -0.15) is 0 Å². The average Bonchev–Trinajstić information content (AvgIpc) is 2.68. The van der Waals surface area contributed by atoms with E-state index in [1.807, 2.05) is 37.3 Å². The minimum Gasteiger partial charge on any atom is -0.494 e. The Kier molecular flexibility index (Phi) is 4.84. The van der Waals surface area contributed by atoms with Crippen molar-refractivity contribution in [1.29, 1.82) is 0 Å². The van der Waals surface area contributed by atoms with Gasteiger partial charge in [-0.25, -0.2) is 0 Å². The molecule has 0 saturated carbocycles. The van der Waals surface area contributed by atoms with Crippen molar-refractivity contribution in [1.82, 2.24) is 0 Å². The Labute approximate surface area is 127 Å². The quantitative estimate of drug-likeness (QED) is 0.819. The van der Waals surface area contributed by atoms with Crippen LogP contribution in [0.2, 0.25) is 0 Å². The highest BCUT2D eigenvalue weighted by atomic mass is 79.9. The van der Waals surface area contributed by atoms with Gasteiger partial charge in [-0.3, -0.25) is 0 Å². The first-order chi connectivity index (χ1) is 8.61. The third-order valence-electron chi connectivity index (χ3n) is 2.55. The van der Waals surface area contributed by atoms with Gasteiger partial charge in [-0.05, 0) is 68.1 Å². The maximum absolute atomic E-state index is 6.30. The molecule has 0 aliphatic carbocycles. The lowest BCUT2D eigenvalue weighted by molar-refractivity contribution is 0.340. The number of benzene rings is 1. The molecule has 1 heterocycles. The second kappa shape index (κ2) is 6.19. The fraction of sp³-hybridized carbons (Fsp3) is 0.231. The number of ether oxygens (including phenoxy) is 1. The van der Waals surface area contributed by atoms with E-state index in [1.165, 1.54) is 0 Å². The third kappa shape index (κ3) is 3.15. The Bertz CT molecular complexity index is 542. The summed E-state index contributed by atoms with van der Waals surface area (Å²) >= 11 is 8.64. The number of hydrogen-bond acceptors (Lipinski definition) is 3. The molecule has 0 spiro atoms. The first kappa shape index (κ1) is 14.1. The van der Waals surface area contributed by atoms with Crippen LogP contribution < -0.4 is 10.5 Å². The van der Waals surface area contributed by atoms with Gasteiger partial charge in [0.15, 0.2) is 0 Å². The molecule has 0 bridgehead atoms. The summed E-state index contributed by atoms with van der Waals surface area (Å²) in [6.45, 7) is 2.63. The molecule has 96 valence electrons. The third-order valence-corrected chi connectivity index (χ3v) is 4.93. The first-order valence-corrected chi connectivity index (χ1v) is 7.95. The molecule has 0 amide bonds. The van der Waals surface area contributed by atoms with Crippen LogP contribution in [0.15, 0.2) is 37.9 Å². The van der Waals surface area contributed by atoms with Gasteiger partial charge in [0.2, 0.25) is 0 Å². The topological polar surface area (TPSA) is 35.2 Å². The predicted molar refractivity (Wildman–Crippen MR) is 83.4 cm³/mol. The summed E-state index contributed by atoms with van der Waals surface area (Å²) in [7, 11) is 0. The molecule has 18 heavy (non-hydrogen) atoms. The van der Waals surface area contributed by atoms with E-state index >= 15 is 0 Å². The van der Waals surface area contributed by atoms with Gasteiger partial charge < -0.3 is 10.5 Å². The predicted octanol–water partition coefficient (Wildman–Crippen LogP) is 4.72. The molecule has 1 atom stereocenters. The zero-order valence-electron chi connectivity index (χ0n) is 9.82. The van der Waals surface area contributed by atoms with E-state index in [2.05, 4.69) is 31.9 Å². The maximum atomic E-state index is 6.30. The molecule has 0 aliphatic rings. The summed E-state index contributed by atoms with van der Waals surface area (Å²) in [5, 5.41) is 0. The van der Waals surface area contributed by atoms with Gasteiger partial charge in [0, 0.05) is 0 Å². The molecule has 2 aromatic rings. The highest BCUT2D eigenvalue weighted by molar-refractivity contribution is 9.12. The highest BCUT2D eigenvalue weighted by Gasteiger charge is 2.15. The molecule has 1 aromatic heterocycles. The molecule has 0 saturated heterocycles. The van der Waals surface area contributed by atoms with Crippen molar-refractivity contribution in [3.05, 3.63) is 49.0 Å². The van der Waals surface area contributed by atoms with Crippen molar-refractivity contribution in [2.45, 2.75) is 13.0 Å². The van der Waals surface area contributed by atoms with Crippen LogP contribution in [0.4, 0.5) is 0 Å². The second-order valence-corrected chi connectivity index (χ2v) is 7.51. The lowest BCUT2D eigenvalue weighted by Crippen LogP contribution is -2.11. The van der Waals surface area contributed by atoms with Crippen molar-refractivity contribution in [2.24, 2.45) is 5.73 Å². The van der Waals surface area contributed by atoms with E-state index in [1.54, 1.807) is 11.3 Å². The van der Waals surface area contributed by atoms with Crippen molar-refractivity contribution >= 4 is 43.2 Å². The van der Waals surface area contributed by atoms with Gasteiger partial charge >= 0.3 is 0 Å². The lowest BCUT2D eigenvalue weighted by Gasteiger charge is -2.13. The SMILES string of the molecule is CCOc1cccc(C(N)c2cc(Br)sc2Br)c1. The fourth-order valence-corrected chi connectivity index (χ4v) is 4.64. The van der Waals surface area contributed by atoms with Gasteiger partial charge in [0.1, 0.15) is 5.75 Å². The molecule has 0 radical (unpaired) electrons. The Morgan fingerprint density at radius 3 is 2.72 bits per heavy atom. The van der Waals surface area contributed by atoms with Gasteiger partial charge in [0.05, 0.1) is 20.2 Å². The van der Waals surface area contributed by atoms with E-state index < -0.39 is 0 Å². The van der Waals surface area contributed by atoms with Gasteiger partial charge in [-0.15, -0.1) is 11.3 Å². The molecule has 0 aliphatic heterocycles. The van der Waals surface area contributed by atoms with Crippen molar-refractivity contribution < 1.29 is 4.74 Å². The monoisotopic (exact) mass is 389 g/mol. The summed E-state index contributed by atoms with van der Waals surface area (Å²) in [6.07, 6.45) is 0. The second-order valence-electron chi connectivity index (χ2n) is 3.76. The van der Waals surface area contributed by atoms with Gasteiger partial charge in [0.25, 0.3) is 0 Å². The number of rotatable bonds is 4. The maximum Gasteiger partial charge on any atom is 0.119 e. The van der Waals surface area contributed by atoms with Crippen LogP contribution >= 0.6 is 43.2 Å².